The molecule has 0 aliphatic carbocycles. The number of rotatable bonds is 7. The van der Waals surface area contributed by atoms with E-state index in [4.69, 9.17) is 0 Å². The van der Waals surface area contributed by atoms with Crippen LogP contribution in [-0.2, 0) is 6.42 Å². The van der Waals surface area contributed by atoms with Crippen LogP contribution in [0.1, 0.15) is 18.9 Å². The van der Waals surface area contributed by atoms with E-state index in [1.165, 1.54) is 16.9 Å². The molecular weight excluding hydrogens is 232 g/mol. The van der Waals surface area contributed by atoms with Gasteiger partial charge in [0.15, 0.2) is 0 Å². The second kappa shape index (κ2) is 7.47. The molecule has 0 bridgehead atoms. The van der Waals surface area contributed by atoms with E-state index in [2.05, 4.69) is 72.2 Å². The van der Waals surface area contributed by atoms with Gasteiger partial charge in [0.1, 0.15) is 0 Å². The monoisotopic (exact) mass is 254 g/mol. The van der Waals surface area contributed by atoms with Crippen molar-refractivity contribution in [3.63, 3.8) is 0 Å². The summed E-state index contributed by atoms with van der Waals surface area (Å²) < 4.78 is 0. The maximum absolute atomic E-state index is 3.46. The summed E-state index contributed by atoms with van der Waals surface area (Å²) in [4.78, 5) is 0. The molecule has 0 amide bonds. The van der Waals surface area contributed by atoms with Crippen LogP contribution < -0.4 is 10.6 Å². The highest BCUT2D eigenvalue weighted by Crippen LogP contribution is 2.13. The third kappa shape index (κ3) is 4.66. The lowest BCUT2D eigenvalue weighted by molar-refractivity contribution is 0.863. The van der Waals surface area contributed by atoms with Gasteiger partial charge in [-0.1, -0.05) is 30.3 Å². The summed E-state index contributed by atoms with van der Waals surface area (Å²) in [6, 6.07) is 19.1. The SMILES string of the molecule is CCNc1ccc(NCCCc2ccccc2)cc1. The Bertz CT molecular complexity index is 462. The Hall–Kier alpha value is -1.96. The van der Waals surface area contributed by atoms with Crippen LogP contribution in [0.15, 0.2) is 54.6 Å². The van der Waals surface area contributed by atoms with Gasteiger partial charge in [0.05, 0.1) is 0 Å². The smallest absolute Gasteiger partial charge is 0.0341 e. The molecule has 0 unspecified atom stereocenters. The molecular formula is C17H22N2. The predicted molar refractivity (Wildman–Crippen MR) is 83.9 cm³/mol. The van der Waals surface area contributed by atoms with Gasteiger partial charge in [-0.25, -0.2) is 0 Å². The van der Waals surface area contributed by atoms with E-state index in [1.807, 2.05) is 0 Å². The molecule has 100 valence electrons. The van der Waals surface area contributed by atoms with Crippen molar-refractivity contribution in [3.8, 4) is 0 Å². The molecule has 2 aromatic rings. The number of aryl methyl sites for hydroxylation is 1. The van der Waals surface area contributed by atoms with Gasteiger partial charge >= 0.3 is 0 Å². The molecule has 2 rings (SSSR count). The number of nitrogens with one attached hydrogen (secondary N) is 2. The van der Waals surface area contributed by atoms with Gasteiger partial charge in [-0.3, -0.25) is 0 Å². The quantitative estimate of drug-likeness (QED) is 0.725. The van der Waals surface area contributed by atoms with Gasteiger partial charge < -0.3 is 10.6 Å². The topological polar surface area (TPSA) is 24.1 Å². The lowest BCUT2D eigenvalue weighted by Crippen LogP contribution is -2.03. The maximum Gasteiger partial charge on any atom is 0.0341 e. The molecule has 2 nitrogen and oxygen atoms in total. The van der Waals surface area contributed by atoms with Crippen LogP contribution in [0, 0.1) is 0 Å². The fraction of sp³-hybridized carbons (Fsp3) is 0.294. The maximum atomic E-state index is 3.46. The van der Waals surface area contributed by atoms with E-state index in [0.29, 0.717) is 0 Å². The Labute approximate surface area is 115 Å². The second-order valence-electron chi connectivity index (χ2n) is 4.62. The van der Waals surface area contributed by atoms with Crippen molar-refractivity contribution in [1.29, 1.82) is 0 Å². The molecule has 2 aromatic carbocycles. The molecule has 0 saturated carbocycles. The van der Waals surface area contributed by atoms with E-state index in [-0.39, 0.29) is 0 Å². The summed E-state index contributed by atoms with van der Waals surface area (Å²) in [5.74, 6) is 0. The fourth-order valence-corrected chi connectivity index (χ4v) is 2.08. The summed E-state index contributed by atoms with van der Waals surface area (Å²) in [6.07, 6.45) is 2.28. The molecule has 0 saturated heterocycles. The Morgan fingerprint density at radius 3 is 2.05 bits per heavy atom. The van der Waals surface area contributed by atoms with E-state index in [0.717, 1.165) is 25.9 Å². The molecule has 0 heterocycles. The standard InChI is InChI=1S/C17H22N2/c1-2-18-16-10-12-17(13-11-16)19-14-6-9-15-7-4-3-5-8-15/h3-5,7-8,10-13,18-19H,2,6,9,14H2,1H3. The Morgan fingerprint density at radius 2 is 1.42 bits per heavy atom. The molecule has 0 atom stereocenters. The molecule has 0 aliphatic rings. The van der Waals surface area contributed by atoms with Crippen LogP contribution in [0.2, 0.25) is 0 Å². The lowest BCUT2D eigenvalue weighted by Gasteiger charge is -2.08. The number of anilines is 2. The zero-order valence-corrected chi connectivity index (χ0v) is 11.5. The van der Waals surface area contributed by atoms with Gasteiger partial charge in [-0.05, 0) is 49.6 Å². The van der Waals surface area contributed by atoms with Crippen molar-refractivity contribution in [3.05, 3.63) is 60.2 Å². The van der Waals surface area contributed by atoms with Gasteiger partial charge in [-0.15, -0.1) is 0 Å². The van der Waals surface area contributed by atoms with Crippen LogP contribution >= 0.6 is 0 Å². The Morgan fingerprint density at radius 1 is 0.789 bits per heavy atom. The number of hydrogen-bond acceptors (Lipinski definition) is 2. The summed E-state index contributed by atoms with van der Waals surface area (Å²) in [6.45, 7) is 4.08. The summed E-state index contributed by atoms with van der Waals surface area (Å²) in [5, 5.41) is 6.75. The molecule has 0 fully saturated rings. The van der Waals surface area contributed by atoms with Crippen molar-refractivity contribution in [2.75, 3.05) is 23.7 Å². The first-order valence-electron chi connectivity index (χ1n) is 7.00. The van der Waals surface area contributed by atoms with Crippen LogP contribution in [0.3, 0.4) is 0 Å². The molecule has 19 heavy (non-hydrogen) atoms. The predicted octanol–water partition coefficient (Wildman–Crippen LogP) is 4.16. The number of hydrogen-bond donors (Lipinski definition) is 2. The van der Waals surface area contributed by atoms with Gasteiger partial charge in [0.2, 0.25) is 0 Å². The molecule has 2 N–H and O–H groups in total. The molecule has 0 aliphatic heterocycles. The molecule has 0 aromatic heterocycles. The minimum absolute atomic E-state index is 0.962. The normalized spacial score (nSPS) is 10.2. The molecule has 0 spiro atoms. The van der Waals surface area contributed by atoms with Crippen LogP contribution in [0.5, 0.6) is 0 Å². The third-order valence-electron chi connectivity index (χ3n) is 3.08. The highest BCUT2D eigenvalue weighted by Gasteiger charge is 1.94. The van der Waals surface area contributed by atoms with Crippen LogP contribution in [-0.4, -0.2) is 13.1 Å². The number of benzene rings is 2. The summed E-state index contributed by atoms with van der Waals surface area (Å²) in [7, 11) is 0. The zero-order chi connectivity index (χ0) is 13.3. The van der Waals surface area contributed by atoms with E-state index >= 15 is 0 Å². The first kappa shape index (κ1) is 13.5. The fourth-order valence-electron chi connectivity index (χ4n) is 2.08. The molecule has 2 heteroatoms. The average molecular weight is 254 g/mol. The van der Waals surface area contributed by atoms with Crippen LogP contribution in [0.25, 0.3) is 0 Å². The van der Waals surface area contributed by atoms with Gasteiger partial charge in [0, 0.05) is 24.5 Å². The first-order valence-corrected chi connectivity index (χ1v) is 7.00. The summed E-state index contributed by atoms with van der Waals surface area (Å²) >= 11 is 0. The average Bonchev–Trinajstić information content (AvgIpc) is 2.47. The van der Waals surface area contributed by atoms with E-state index in [9.17, 15) is 0 Å². The van der Waals surface area contributed by atoms with Crippen molar-refractivity contribution < 1.29 is 0 Å². The minimum Gasteiger partial charge on any atom is -0.385 e. The van der Waals surface area contributed by atoms with E-state index < -0.39 is 0 Å². The molecule has 0 radical (unpaired) electrons. The minimum atomic E-state index is 0.962. The van der Waals surface area contributed by atoms with Gasteiger partial charge in [0.25, 0.3) is 0 Å². The first-order chi connectivity index (χ1) is 9.38. The van der Waals surface area contributed by atoms with Crippen molar-refractivity contribution in [1.82, 2.24) is 0 Å². The summed E-state index contributed by atoms with van der Waals surface area (Å²) in [5.41, 5.74) is 3.78. The van der Waals surface area contributed by atoms with E-state index in [1.54, 1.807) is 0 Å². The highest BCUT2D eigenvalue weighted by molar-refractivity contribution is 5.53. The lowest BCUT2D eigenvalue weighted by atomic mass is 10.1. The largest absolute Gasteiger partial charge is 0.385 e. The van der Waals surface area contributed by atoms with Crippen LogP contribution in [0.4, 0.5) is 11.4 Å². The Balaban J connectivity index is 1.70. The zero-order valence-electron chi connectivity index (χ0n) is 11.5. The van der Waals surface area contributed by atoms with Gasteiger partial charge in [-0.2, -0.15) is 0 Å². The second-order valence-corrected chi connectivity index (χ2v) is 4.62. The van der Waals surface area contributed by atoms with Crippen molar-refractivity contribution in [2.24, 2.45) is 0 Å². The van der Waals surface area contributed by atoms with Crippen molar-refractivity contribution in [2.45, 2.75) is 19.8 Å². The van der Waals surface area contributed by atoms with Crippen molar-refractivity contribution >= 4 is 11.4 Å². The Kier molecular flexibility index (Phi) is 5.30. The highest BCUT2D eigenvalue weighted by atomic mass is 14.9. The third-order valence-corrected chi connectivity index (χ3v) is 3.08.